The summed E-state index contributed by atoms with van der Waals surface area (Å²) in [6, 6.07) is 6.13. The van der Waals surface area contributed by atoms with Gasteiger partial charge in [0.05, 0.1) is 0 Å². The third kappa shape index (κ3) is 4.66. The molecule has 2 aromatic rings. The van der Waals surface area contributed by atoms with Crippen LogP contribution in [0.4, 0.5) is 19.1 Å². The second-order valence-corrected chi connectivity index (χ2v) is 7.91. The van der Waals surface area contributed by atoms with Crippen LogP contribution in [0.3, 0.4) is 0 Å². The van der Waals surface area contributed by atoms with Gasteiger partial charge in [-0.15, -0.1) is 0 Å². The SMILES string of the molecule is Cc1ccc(OCCN2CCC([C@@H]3C[C@H](C(F)(F)F)n4ncnc4N3)CC2)cc1. The largest absolute Gasteiger partial charge is 0.492 e. The van der Waals surface area contributed by atoms with Crippen molar-refractivity contribution in [3.8, 4) is 5.75 Å². The molecular weight excluding hydrogens is 383 g/mol. The average molecular weight is 409 g/mol. The molecule has 0 aliphatic carbocycles. The normalized spacial score (nSPS) is 23.4. The first-order chi connectivity index (χ1) is 13.9. The number of alkyl halides is 3. The number of nitrogens with zero attached hydrogens (tertiary/aromatic N) is 4. The highest BCUT2D eigenvalue weighted by molar-refractivity contribution is 5.30. The van der Waals surface area contributed by atoms with Crippen molar-refractivity contribution in [2.24, 2.45) is 5.92 Å². The Balaban J connectivity index is 1.27. The third-order valence-corrected chi connectivity index (χ3v) is 5.94. The number of aromatic nitrogens is 3. The van der Waals surface area contributed by atoms with E-state index in [4.69, 9.17) is 4.74 Å². The monoisotopic (exact) mass is 409 g/mol. The number of halogens is 3. The lowest BCUT2D eigenvalue weighted by Crippen LogP contribution is -2.46. The van der Waals surface area contributed by atoms with E-state index < -0.39 is 12.2 Å². The number of hydrogen-bond donors (Lipinski definition) is 1. The van der Waals surface area contributed by atoms with Gasteiger partial charge in [-0.25, -0.2) is 4.68 Å². The van der Waals surface area contributed by atoms with E-state index in [-0.39, 0.29) is 24.3 Å². The second kappa shape index (κ2) is 8.22. The number of ether oxygens (including phenoxy) is 1. The summed E-state index contributed by atoms with van der Waals surface area (Å²) >= 11 is 0. The lowest BCUT2D eigenvalue weighted by Gasteiger charge is -2.40. The van der Waals surface area contributed by atoms with Gasteiger partial charge >= 0.3 is 6.18 Å². The van der Waals surface area contributed by atoms with Crippen LogP contribution in [0, 0.1) is 12.8 Å². The molecule has 0 spiro atoms. The van der Waals surface area contributed by atoms with Crippen LogP contribution in [0.5, 0.6) is 5.75 Å². The Morgan fingerprint density at radius 2 is 1.90 bits per heavy atom. The maximum Gasteiger partial charge on any atom is 0.411 e. The summed E-state index contributed by atoms with van der Waals surface area (Å²) < 4.78 is 47.1. The van der Waals surface area contributed by atoms with Crippen molar-refractivity contribution in [3.05, 3.63) is 36.2 Å². The van der Waals surface area contributed by atoms with Gasteiger partial charge in [0, 0.05) is 12.6 Å². The lowest BCUT2D eigenvalue weighted by atomic mass is 9.85. The van der Waals surface area contributed by atoms with Crippen molar-refractivity contribution in [3.63, 3.8) is 0 Å². The number of nitrogens with one attached hydrogen (secondary N) is 1. The Kier molecular flexibility index (Phi) is 5.67. The molecule has 1 aromatic carbocycles. The molecule has 29 heavy (non-hydrogen) atoms. The fourth-order valence-electron chi connectivity index (χ4n) is 4.24. The van der Waals surface area contributed by atoms with Crippen molar-refractivity contribution in [2.75, 3.05) is 31.6 Å². The zero-order chi connectivity index (χ0) is 20.4. The Morgan fingerprint density at radius 1 is 1.17 bits per heavy atom. The second-order valence-electron chi connectivity index (χ2n) is 7.91. The number of aryl methyl sites for hydroxylation is 1. The van der Waals surface area contributed by atoms with Crippen molar-refractivity contribution in [1.29, 1.82) is 0 Å². The zero-order valence-electron chi connectivity index (χ0n) is 16.4. The molecule has 0 radical (unpaired) electrons. The highest BCUT2D eigenvalue weighted by atomic mass is 19.4. The van der Waals surface area contributed by atoms with Gasteiger partial charge in [-0.05, 0) is 57.3 Å². The van der Waals surface area contributed by atoms with Gasteiger partial charge in [0.15, 0.2) is 6.04 Å². The quantitative estimate of drug-likeness (QED) is 0.817. The van der Waals surface area contributed by atoms with Crippen LogP contribution in [-0.4, -0.2) is 58.1 Å². The number of fused-ring (bicyclic) bond motifs is 1. The summed E-state index contributed by atoms with van der Waals surface area (Å²) in [4.78, 5) is 6.29. The molecule has 0 amide bonds. The summed E-state index contributed by atoms with van der Waals surface area (Å²) in [6.45, 7) is 5.19. The molecule has 0 unspecified atom stereocenters. The highest BCUT2D eigenvalue weighted by Crippen LogP contribution is 2.41. The van der Waals surface area contributed by atoms with Crippen LogP contribution in [0.1, 0.15) is 30.9 Å². The van der Waals surface area contributed by atoms with Crippen LogP contribution in [0.2, 0.25) is 0 Å². The van der Waals surface area contributed by atoms with E-state index in [0.717, 1.165) is 42.9 Å². The van der Waals surface area contributed by atoms with Gasteiger partial charge in [0.25, 0.3) is 0 Å². The molecule has 2 aliphatic heterocycles. The molecule has 1 aromatic heterocycles. The maximum atomic E-state index is 13.5. The molecule has 9 heteroatoms. The molecule has 0 bridgehead atoms. The summed E-state index contributed by atoms with van der Waals surface area (Å²) in [5.41, 5.74) is 1.20. The van der Waals surface area contributed by atoms with Crippen LogP contribution < -0.4 is 10.1 Å². The number of benzene rings is 1. The highest BCUT2D eigenvalue weighted by Gasteiger charge is 2.47. The minimum absolute atomic E-state index is 0.00105. The zero-order valence-corrected chi connectivity index (χ0v) is 16.4. The van der Waals surface area contributed by atoms with E-state index in [1.54, 1.807) is 0 Å². The number of piperidine rings is 1. The molecular formula is C20H26F3N5O. The lowest BCUT2D eigenvalue weighted by molar-refractivity contribution is -0.174. The van der Waals surface area contributed by atoms with Crippen molar-refractivity contribution < 1.29 is 17.9 Å². The smallest absolute Gasteiger partial charge is 0.411 e. The number of likely N-dealkylation sites (tertiary alicyclic amines) is 1. The average Bonchev–Trinajstić information content (AvgIpc) is 3.17. The molecule has 1 N–H and O–H groups in total. The van der Waals surface area contributed by atoms with Gasteiger partial charge in [-0.3, -0.25) is 4.90 Å². The summed E-state index contributed by atoms with van der Waals surface area (Å²) in [5.74, 6) is 1.27. The van der Waals surface area contributed by atoms with Gasteiger partial charge in [0.1, 0.15) is 18.7 Å². The maximum absolute atomic E-state index is 13.5. The number of rotatable bonds is 5. The number of anilines is 1. The van der Waals surface area contributed by atoms with Crippen LogP contribution in [0.15, 0.2) is 30.6 Å². The Hall–Kier alpha value is -2.29. The van der Waals surface area contributed by atoms with Crippen molar-refractivity contribution >= 4 is 5.95 Å². The van der Waals surface area contributed by atoms with Crippen molar-refractivity contribution in [2.45, 2.75) is 44.4 Å². The molecule has 6 nitrogen and oxygen atoms in total. The molecule has 3 heterocycles. The Morgan fingerprint density at radius 3 is 2.59 bits per heavy atom. The van der Waals surface area contributed by atoms with E-state index in [2.05, 4.69) is 20.3 Å². The molecule has 4 rings (SSSR count). The van der Waals surface area contributed by atoms with E-state index in [9.17, 15) is 13.2 Å². The Bertz CT molecular complexity index is 799. The van der Waals surface area contributed by atoms with Crippen LogP contribution in [-0.2, 0) is 0 Å². The third-order valence-electron chi connectivity index (χ3n) is 5.94. The molecule has 2 aliphatic rings. The first-order valence-corrected chi connectivity index (χ1v) is 10.0. The first-order valence-electron chi connectivity index (χ1n) is 10.0. The summed E-state index contributed by atoms with van der Waals surface area (Å²) in [6.07, 6.45) is -1.42. The van der Waals surface area contributed by atoms with E-state index >= 15 is 0 Å². The fourth-order valence-corrected chi connectivity index (χ4v) is 4.24. The molecule has 1 fully saturated rings. The minimum atomic E-state index is -4.32. The van der Waals surface area contributed by atoms with E-state index in [0.29, 0.717) is 6.61 Å². The minimum Gasteiger partial charge on any atom is -0.492 e. The van der Waals surface area contributed by atoms with E-state index in [1.165, 1.54) is 11.9 Å². The Labute approximate surface area is 168 Å². The predicted molar refractivity (Wildman–Crippen MR) is 103 cm³/mol. The van der Waals surface area contributed by atoms with Crippen LogP contribution >= 0.6 is 0 Å². The molecule has 2 atom stereocenters. The van der Waals surface area contributed by atoms with Gasteiger partial charge < -0.3 is 10.1 Å². The standard InChI is InChI=1S/C20H26F3N5O/c1-14-2-4-16(5-3-14)29-11-10-27-8-6-15(7-9-27)17-12-18(20(21,22)23)28-19(26-17)24-13-25-28/h2-5,13,15,17-18H,6-12H2,1H3,(H,24,25,26)/t17-,18+/m0/s1. The van der Waals surface area contributed by atoms with Gasteiger partial charge in [0.2, 0.25) is 5.95 Å². The summed E-state index contributed by atoms with van der Waals surface area (Å²) in [7, 11) is 0. The van der Waals surface area contributed by atoms with Gasteiger partial charge in [-0.2, -0.15) is 23.3 Å². The summed E-state index contributed by atoms with van der Waals surface area (Å²) in [5, 5.41) is 6.94. The first kappa shape index (κ1) is 20.0. The molecule has 158 valence electrons. The molecule has 0 saturated carbocycles. The van der Waals surface area contributed by atoms with Gasteiger partial charge in [-0.1, -0.05) is 17.7 Å². The topological polar surface area (TPSA) is 55.2 Å². The molecule has 1 saturated heterocycles. The number of hydrogen-bond acceptors (Lipinski definition) is 5. The fraction of sp³-hybridized carbons (Fsp3) is 0.600. The van der Waals surface area contributed by atoms with Crippen LogP contribution in [0.25, 0.3) is 0 Å². The van der Waals surface area contributed by atoms with E-state index in [1.807, 2.05) is 31.2 Å². The van der Waals surface area contributed by atoms with Crippen molar-refractivity contribution in [1.82, 2.24) is 19.7 Å². The predicted octanol–water partition coefficient (Wildman–Crippen LogP) is 3.67.